The minimum Gasteiger partial charge on any atom is -0.469 e. The van der Waals surface area contributed by atoms with Crippen molar-refractivity contribution in [3.8, 4) is 0 Å². The molecular formula is C15H18O3. The van der Waals surface area contributed by atoms with Gasteiger partial charge in [-0.05, 0) is 24.3 Å². The van der Waals surface area contributed by atoms with Crippen LogP contribution in [0.3, 0.4) is 0 Å². The second kappa shape index (κ2) is 5.34. The predicted molar refractivity (Wildman–Crippen MR) is 68.5 cm³/mol. The molecule has 1 atom stereocenters. The summed E-state index contributed by atoms with van der Waals surface area (Å²) in [5.74, 6) is -0.0736. The van der Waals surface area contributed by atoms with Crippen molar-refractivity contribution in [2.75, 3.05) is 7.11 Å². The molecule has 1 aromatic rings. The van der Waals surface area contributed by atoms with Crippen LogP contribution in [-0.2, 0) is 9.53 Å². The molecule has 0 amide bonds. The fourth-order valence-corrected chi connectivity index (χ4v) is 2.16. The van der Waals surface area contributed by atoms with Gasteiger partial charge < -0.3 is 4.74 Å². The zero-order chi connectivity index (χ0) is 13.1. The summed E-state index contributed by atoms with van der Waals surface area (Å²) in [5.41, 5.74) is 1.91. The zero-order valence-electron chi connectivity index (χ0n) is 10.8. The number of hydrogen-bond donors (Lipinski definition) is 0. The smallest absolute Gasteiger partial charge is 0.306 e. The summed E-state index contributed by atoms with van der Waals surface area (Å²) in [6, 6.07) is 7.74. The number of ether oxygens (including phenoxy) is 1. The number of hydrogen-bond acceptors (Lipinski definition) is 3. The van der Waals surface area contributed by atoms with E-state index in [1.165, 1.54) is 7.11 Å². The molecule has 1 aromatic carbocycles. The maximum absolute atomic E-state index is 12.3. The summed E-state index contributed by atoms with van der Waals surface area (Å²) in [6.07, 6.45) is 2.47. The van der Waals surface area contributed by atoms with Crippen LogP contribution < -0.4 is 0 Å². The highest BCUT2D eigenvalue weighted by molar-refractivity contribution is 6.00. The van der Waals surface area contributed by atoms with Crippen LogP contribution in [0.5, 0.6) is 0 Å². The van der Waals surface area contributed by atoms with Gasteiger partial charge in [-0.25, -0.2) is 0 Å². The van der Waals surface area contributed by atoms with Crippen LogP contribution in [0, 0.1) is 5.92 Å². The van der Waals surface area contributed by atoms with E-state index in [1.807, 2.05) is 24.3 Å². The summed E-state index contributed by atoms with van der Waals surface area (Å²) in [5, 5.41) is 0. The van der Waals surface area contributed by atoms with Gasteiger partial charge in [0.1, 0.15) is 0 Å². The van der Waals surface area contributed by atoms with Crippen molar-refractivity contribution in [2.24, 2.45) is 5.92 Å². The van der Waals surface area contributed by atoms with Crippen LogP contribution in [0.15, 0.2) is 24.3 Å². The maximum Gasteiger partial charge on any atom is 0.306 e. The van der Waals surface area contributed by atoms with E-state index in [-0.39, 0.29) is 24.1 Å². The van der Waals surface area contributed by atoms with Crippen LogP contribution in [0.2, 0.25) is 0 Å². The van der Waals surface area contributed by atoms with E-state index in [9.17, 15) is 9.59 Å². The lowest BCUT2D eigenvalue weighted by Gasteiger charge is -2.12. The molecule has 2 rings (SSSR count). The van der Waals surface area contributed by atoms with Crippen LogP contribution in [-0.4, -0.2) is 18.9 Å². The third-order valence-electron chi connectivity index (χ3n) is 3.39. The summed E-state index contributed by atoms with van der Waals surface area (Å²) >= 11 is 0. The van der Waals surface area contributed by atoms with Crippen molar-refractivity contribution in [2.45, 2.75) is 32.1 Å². The second-order valence-electron chi connectivity index (χ2n) is 4.91. The van der Waals surface area contributed by atoms with E-state index >= 15 is 0 Å². The van der Waals surface area contributed by atoms with Crippen molar-refractivity contribution in [1.29, 1.82) is 0 Å². The van der Waals surface area contributed by atoms with Gasteiger partial charge in [-0.1, -0.05) is 31.2 Å². The molecule has 1 fully saturated rings. The van der Waals surface area contributed by atoms with Gasteiger partial charge in [-0.2, -0.15) is 0 Å². The third-order valence-corrected chi connectivity index (χ3v) is 3.39. The number of ketones is 1. The first kappa shape index (κ1) is 12.8. The average Bonchev–Trinajstić information content (AvgIpc) is 3.22. The summed E-state index contributed by atoms with van der Waals surface area (Å²) in [4.78, 5) is 23.6. The second-order valence-corrected chi connectivity index (χ2v) is 4.91. The Morgan fingerprint density at radius 1 is 1.33 bits per heavy atom. The number of methoxy groups -OCH3 is 1. The van der Waals surface area contributed by atoms with Gasteiger partial charge in [-0.3, -0.25) is 9.59 Å². The molecule has 0 bridgehead atoms. The van der Waals surface area contributed by atoms with Crippen LogP contribution >= 0.6 is 0 Å². The summed E-state index contributed by atoms with van der Waals surface area (Å²) in [6.45, 7) is 1.78. The third kappa shape index (κ3) is 2.78. The first-order valence-electron chi connectivity index (χ1n) is 6.33. The van der Waals surface area contributed by atoms with Crippen molar-refractivity contribution in [3.63, 3.8) is 0 Å². The highest BCUT2D eigenvalue weighted by Gasteiger charge is 2.29. The molecule has 0 spiro atoms. The fourth-order valence-electron chi connectivity index (χ4n) is 2.16. The number of rotatable bonds is 5. The molecule has 3 nitrogen and oxygen atoms in total. The van der Waals surface area contributed by atoms with Crippen molar-refractivity contribution in [1.82, 2.24) is 0 Å². The molecule has 1 aliphatic rings. The Morgan fingerprint density at radius 3 is 2.61 bits per heavy atom. The van der Waals surface area contributed by atoms with Crippen LogP contribution in [0.1, 0.15) is 48.0 Å². The number of carbonyl (C=O) groups excluding carboxylic acids is 2. The maximum atomic E-state index is 12.3. The minimum absolute atomic E-state index is 0.0444. The topological polar surface area (TPSA) is 43.4 Å². The van der Waals surface area contributed by atoms with E-state index in [0.717, 1.165) is 24.0 Å². The van der Waals surface area contributed by atoms with Gasteiger partial charge in [0.05, 0.1) is 13.5 Å². The lowest BCUT2D eigenvalue weighted by atomic mass is 9.91. The van der Waals surface area contributed by atoms with Crippen molar-refractivity contribution < 1.29 is 14.3 Å². The first-order chi connectivity index (χ1) is 8.63. The molecule has 1 aliphatic carbocycles. The number of Topliss-reactive ketones (excluding diaryl/α,β-unsaturated/α-hetero) is 1. The molecule has 0 saturated heterocycles. The monoisotopic (exact) mass is 246 g/mol. The Bertz CT molecular complexity index is 461. The molecule has 0 aliphatic heterocycles. The lowest BCUT2D eigenvalue weighted by molar-refractivity contribution is -0.141. The molecule has 3 heteroatoms. The average molecular weight is 246 g/mol. The van der Waals surface area contributed by atoms with Gasteiger partial charge in [0, 0.05) is 11.5 Å². The van der Waals surface area contributed by atoms with Gasteiger partial charge >= 0.3 is 5.97 Å². The lowest BCUT2D eigenvalue weighted by Crippen LogP contribution is -2.17. The van der Waals surface area contributed by atoms with Crippen LogP contribution in [0.25, 0.3) is 0 Å². The predicted octanol–water partition coefficient (Wildman–Crippen LogP) is 2.95. The highest BCUT2D eigenvalue weighted by Crippen LogP contribution is 2.42. The van der Waals surface area contributed by atoms with E-state index in [2.05, 4.69) is 4.74 Å². The molecule has 96 valence electrons. The van der Waals surface area contributed by atoms with Gasteiger partial charge in [0.15, 0.2) is 5.78 Å². The normalized spacial score (nSPS) is 16.1. The van der Waals surface area contributed by atoms with Gasteiger partial charge in [-0.15, -0.1) is 0 Å². The summed E-state index contributed by atoms with van der Waals surface area (Å²) in [7, 11) is 1.34. The van der Waals surface area contributed by atoms with Gasteiger partial charge in [0.25, 0.3) is 0 Å². The Morgan fingerprint density at radius 2 is 2.00 bits per heavy atom. The molecule has 0 N–H and O–H groups in total. The van der Waals surface area contributed by atoms with E-state index in [0.29, 0.717) is 5.92 Å². The quantitative estimate of drug-likeness (QED) is 0.592. The fraction of sp³-hybridized carbons (Fsp3) is 0.467. The molecule has 1 unspecified atom stereocenters. The Labute approximate surface area is 107 Å². The van der Waals surface area contributed by atoms with Crippen LogP contribution in [0.4, 0.5) is 0 Å². The first-order valence-corrected chi connectivity index (χ1v) is 6.33. The molecule has 1 saturated carbocycles. The standard InChI is InChI=1S/C15H18O3/c1-10(9-14(16)18-2)15(17)13-6-4-3-5-12(13)11-7-8-11/h3-6,10-11H,7-9H2,1-2H3. The van der Waals surface area contributed by atoms with Crippen molar-refractivity contribution >= 4 is 11.8 Å². The van der Waals surface area contributed by atoms with E-state index in [4.69, 9.17) is 0 Å². The largest absolute Gasteiger partial charge is 0.469 e. The highest BCUT2D eigenvalue weighted by atomic mass is 16.5. The van der Waals surface area contributed by atoms with Crippen molar-refractivity contribution in [3.05, 3.63) is 35.4 Å². The van der Waals surface area contributed by atoms with Gasteiger partial charge in [0.2, 0.25) is 0 Å². The number of carbonyl (C=O) groups is 2. The Hall–Kier alpha value is -1.64. The zero-order valence-corrected chi connectivity index (χ0v) is 10.8. The van der Waals surface area contributed by atoms with E-state index in [1.54, 1.807) is 6.92 Å². The molecule has 0 heterocycles. The number of benzene rings is 1. The summed E-state index contributed by atoms with van der Waals surface area (Å²) < 4.78 is 4.61. The Balaban J connectivity index is 2.15. The minimum atomic E-state index is -0.334. The molecule has 0 aromatic heterocycles. The SMILES string of the molecule is COC(=O)CC(C)C(=O)c1ccccc1C1CC1. The molecule has 18 heavy (non-hydrogen) atoms. The number of esters is 1. The molecular weight excluding hydrogens is 228 g/mol. The Kier molecular flexibility index (Phi) is 3.80. The molecule has 0 radical (unpaired) electrons. The van der Waals surface area contributed by atoms with E-state index < -0.39 is 0 Å².